The molecular formula is C26H25N5O4S. The molecule has 1 amide bonds. The van der Waals surface area contributed by atoms with Crippen LogP contribution in [0.25, 0.3) is 17.3 Å². The van der Waals surface area contributed by atoms with Crippen molar-refractivity contribution in [3.05, 3.63) is 72.5 Å². The number of carbonyl (C=O) groups is 1. The summed E-state index contributed by atoms with van der Waals surface area (Å²) in [6.07, 6.45) is 1.61. The first-order valence-electron chi connectivity index (χ1n) is 11.8. The Morgan fingerprint density at radius 1 is 0.917 bits per heavy atom. The monoisotopic (exact) mass is 503 g/mol. The summed E-state index contributed by atoms with van der Waals surface area (Å²) in [5.74, 6) is 3.24. The molecule has 4 aromatic rings. The Bertz CT molecular complexity index is 1330. The molecule has 10 heteroatoms. The fourth-order valence-corrected chi connectivity index (χ4v) is 5.26. The summed E-state index contributed by atoms with van der Waals surface area (Å²) in [6, 6.07) is 19.6. The Morgan fingerprint density at radius 2 is 1.75 bits per heavy atom. The summed E-state index contributed by atoms with van der Waals surface area (Å²) in [5, 5.41) is 9.37. The van der Waals surface area contributed by atoms with E-state index in [0.717, 1.165) is 36.8 Å². The summed E-state index contributed by atoms with van der Waals surface area (Å²) in [4.78, 5) is 17.3. The molecule has 0 unspecified atom stereocenters. The lowest BCUT2D eigenvalue weighted by Crippen LogP contribution is -2.48. The molecule has 9 nitrogen and oxygen atoms in total. The van der Waals surface area contributed by atoms with Gasteiger partial charge in [-0.1, -0.05) is 36.0 Å². The van der Waals surface area contributed by atoms with Crippen LogP contribution in [0.1, 0.15) is 5.56 Å². The van der Waals surface area contributed by atoms with E-state index in [1.165, 1.54) is 17.3 Å². The smallest absolute Gasteiger partial charge is 0.233 e. The van der Waals surface area contributed by atoms with Crippen LogP contribution in [-0.2, 0) is 11.3 Å². The normalized spacial score (nSPS) is 15.4. The lowest BCUT2D eigenvalue weighted by atomic mass is 10.1. The molecule has 1 fully saturated rings. The number of para-hydroxylation sites is 1. The largest absolute Gasteiger partial charge is 0.461 e. The minimum atomic E-state index is 0.102. The van der Waals surface area contributed by atoms with Crippen molar-refractivity contribution in [3.8, 4) is 28.8 Å². The van der Waals surface area contributed by atoms with Gasteiger partial charge in [-0.15, -0.1) is 10.2 Å². The van der Waals surface area contributed by atoms with Crippen LogP contribution < -0.4 is 9.47 Å². The average Bonchev–Trinajstić information content (AvgIpc) is 3.69. The number of hydrogen-bond acceptors (Lipinski definition) is 8. The summed E-state index contributed by atoms with van der Waals surface area (Å²) in [5.41, 5.74) is 2.10. The fourth-order valence-electron chi connectivity index (χ4n) is 4.41. The second-order valence-corrected chi connectivity index (χ2v) is 9.53. The van der Waals surface area contributed by atoms with Gasteiger partial charge in [0.25, 0.3) is 0 Å². The van der Waals surface area contributed by atoms with Gasteiger partial charge in [0.15, 0.2) is 22.4 Å². The first-order valence-corrected chi connectivity index (χ1v) is 12.8. The number of ether oxygens (including phenoxy) is 2. The van der Waals surface area contributed by atoms with Crippen LogP contribution in [0.4, 0.5) is 0 Å². The molecule has 0 aliphatic carbocycles. The zero-order valence-electron chi connectivity index (χ0n) is 19.6. The molecule has 184 valence electrons. The average molecular weight is 504 g/mol. The number of aromatic nitrogens is 3. The maximum absolute atomic E-state index is 13.0. The summed E-state index contributed by atoms with van der Waals surface area (Å²) in [6.45, 7) is 4.16. The van der Waals surface area contributed by atoms with E-state index >= 15 is 0 Å². The predicted molar refractivity (Wildman–Crippen MR) is 134 cm³/mol. The van der Waals surface area contributed by atoms with Crippen molar-refractivity contribution in [1.82, 2.24) is 24.6 Å². The zero-order chi connectivity index (χ0) is 24.3. The molecule has 0 saturated carbocycles. The highest BCUT2D eigenvalue weighted by atomic mass is 32.2. The Morgan fingerprint density at radius 3 is 2.56 bits per heavy atom. The molecule has 0 N–H and O–H groups in total. The van der Waals surface area contributed by atoms with E-state index in [-0.39, 0.29) is 12.7 Å². The summed E-state index contributed by atoms with van der Waals surface area (Å²) >= 11 is 1.39. The van der Waals surface area contributed by atoms with Crippen molar-refractivity contribution in [2.45, 2.75) is 11.7 Å². The number of furan rings is 1. The number of rotatable bonds is 7. The van der Waals surface area contributed by atoms with Gasteiger partial charge in [0.2, 0.25) is 18.5 Å². The molecule has 2 aromatic heterocycles. The van der Waals surface area contributed by atoms with Gasteiger partial charge >= 0.3 is 0 Å². The molecule has 4 heterocycles. The number of thioether (sulfide) groups is 1. The molecule has 0 spiro atoms. The van der Waals surface area contributed by atoms with Gasteiger partial charge in [0.1, 0.15) is 0 Å². The first-order chi connectivity index (χ1) is 17.7. The van der Waals surface area contributed by atoms with Gasteiger partial charge < -0.3 is 18.8 Å². The lowest BCUT2D eigenvalue weighted by Gasteiger charge is -2.34. The van der Waals surface area contributed by atoms with Crippen molar-refractivity contribution in [1.29, 1.82) is 0 Å². The fraction of sp³-hybridized carbons (Fsp3) is 0.269. The molecule has 0 atom stereocenters. The minimum absolute atomic E-state index is 0.102. The van der Waals surface area contributed by atoms with E-state index in [2.05, 4.69) is 21.2 Å². The van der Waals surface area contributed by atoms with Crippen molar-refractivity contribution >= 4 is 17.7 Å². The van der Waals surface area contributed by atoms with Gasteiger partial charge in [-0.25, -0.2) is 0 Å². The second-order valence-electron chi connectivity index (χ2n) is 8.59. The zero-order valence-corrected chi connectivity index (χ0v) is 20.4. The van der Waals surface area contributed by atoms with Crippen LogP contribution in [0.15, 0.2) is 76.5 Å². The number of carbonyl (C=O) groups excluding carboxylic acids is 1. The molecule has 2 aromatic carbocycles. The molecule has 36 heavy (non-hydrogen) atoms. The number of benzene rings is 2. The van der Waals surface area contributed by atoms with E-state index in [4.69, 9.17) is 13.9 Å². The lowest BCUT2D eigenvalue weighted by molar-refractivity contribution is -0.130. The standard InChI is InChI=1S/C26H25N5O4S/c32-24(30-12-10-29(11-13-30)16-19-8-9-21-23(15-19)35-18-34-21)17-36-26-28-27-25(22-7-4-14-33-22)31(26)20-5-2-1-3-6-20/h1-9,14-15H,10-13,16-18H2. The highest BCUT2D eigenvalue weighted by molar-refractivity contribution is 7.99. The highest BCUT2D eigenvalue weighted by Crippen LogP contribution is 2.33. The molecular weight excluding hydrogens is 478 g/mol. The van der Waals surface area contributed by atoms with Crippen LogP contribution in [0, 0.1) is 0 Å². The SMILES string of the molecule is O=C(CSc1nnc(-c2ccco2)n1-c1ccccc1)N1CCN(Cc2ccc3c(c2)OCO3)CC1. The number of fused-ring (bicyclic) bond motifs is 1. The van der Waals surface area contributed by atoms with Gasteiger partial charge in [-0.05, 0) is 42.0 Å². The molecule has 0 bridgehead atoms. The molecule has 0 radical (unpaired) electrons. The maximum atomic E-state index is 13.0. The van der Waals surface area contributed by atoms with Crippen LogP contribution >= 0.6 is 11.8 Å². The van der Waals surface area contributed by atoms with Crippen molar-refractivity contribution < 1.29 is 18.7 Å². The molecule has 1 saturated heterocycles. The minimum Gasteiger partial charge on any atom is -0.461 e. The third-order valence-electron chi connectivity index (χ3n) is 6.28. The van der Waals surface area contributed by atoms with E-state index < -0.39 is 0 Å². The quantitative estimate of drug-likeness (QED) is 0.353. The number of hydrogen-bond donors (Lipinski definition) is 0. The van der Waals surface area contributed by atoms with E-state index in [9.17, 15) is 4.79 Å². The number of nitrogens with zero attached hydrogens (tertiary/aromatic N) is 5. The Kier molecular flexibility index (Phi) is 6.35. The number of amides is 1. The van der Waals surface area contributed by atoms with Gasteiger partial charge in [0.05, 0.1) is 12.0 Å². The highest BCUT2D eigenvalue weighted by Gasteiger charge is 2.24. The van der Waals surface area contributed by atoms with Crippen molar-refractivity contribution in [2.24, 2.45) is 0 Å². The maximum Gasteiger partial charge on any atom is 0.233 e. The molecule has 2 aliphatic rings. The van der Waals surface area contributed by atoms with Crippen LogP contribution in [0.2, 0.25) is 0 Å². The second kappa shape index (κ2) is 10.1. The Labute approximate surface area is 212 Å². The third kappa shape index (κ3) is 4.69. The van der Waals surface area contributed by atoms with E-state index in [0.29, 0.717) is 35.6 Å². The predicted octanol–water partition coefficient (Wildman–Crippen LogP) is 3.69. The molecule has 2 aliphatic heterocycles. The van der Waals surface area contributed by atoms with Gasteiger partial charge in [-0.3, -0.25) is 14.3 Å². The van der Waals surface area contributed by atoms with Gasteiger partial charge in [-0.2, -0.15) is 0 Å². The van der Waals surface area contributed by atoms with Crippen molar-refractivity contribution in [2.75, 3.05) is 38.7 Å². The Hall–Kier alpha value is -3.76. The summed E-state index contributed by atoms with van der Waals surface area (Å²) < 4.78 is 18.4. The first kappa shape index (κ1) is 22.7. The Balaban J connectivity index is 1.07. The van der Waals surface area contributed by atoms with Crippen LogP contribution in [-0.4, -0.2) is 69.2 Å². The molecule has 6 rings (SSSR count). The van der Waals surface area contributed by atoms with E-state index in [1.54, 1.807) is 6.26 Å². The number of piperazine rings is 1. The van der Waals surface area contributed by atoms with Gasteiger partial charge in [0, 0.05) is 38.4 Å². The van der Waals surface area contributed by atoms with Crippen LogP contribution in [0.5, 0.6) is 11.5 Å². The van der Waals surface area contributed by atoms with E-state index in [1.807, 2.05) is 64.1 Å². The topological polar surface area (TPSA) is 85.9 Å². The van der Waals surface area contributed by atoms with Crippen molar-refractivity contribution in [3.63, 3.8) is 0 Å². The third-order valence-corrected chi connectivity index (χ3v) is 7.20. The van der Waals surface area contributed by atoms with Crippen LogP contribution in [0.3, 0.4) is 0 Å². The summed E-state index contributed by atoms with van der Waals surface area (Å²) in [7, 11) is 0.